The molecule has 0 saturated carbocycles. The summed E-state index contributed by atoms with van der Waals surface area (Å²) in [6, 6.07) is 6.97. The lowest BCUT2D eigenvalue weighted by molar-refractivity contribution is 0.690. The number of rotatable bonds is 5. The lowest BCUT2D eigenvalue weighted by atomic mass is 10.2. The first-order chi connectivity index (χ1) is 8.22. The number of aromatic nitrogens is 1. The van der Waals surface area contributed by atoms with Gasteiger partial charge in [-0.2, -0.15) is 0 Å². The van der Waals surface area contributed by atoms with Gasteiger partial charge in [-0.1, -0.05) is 25.1 Å². The zero-order chi connectivity index (χ0) is 12.3. The van der Waals surface area contributed by atoms with Gasteiger partial charge in [0.05, 0.1) is 10.2 Å². The van der Waals surface area contributed by atoms with Gasteiger partial charge in [-0.05, 0) is 37.8 Å². The highest BCUT2D eigenvalue weighted by atomic mass is 32.2. The first kappa shape index (κ1) is 12.7. The van der Waals surface area contributed by atoms with E-state index in [0.29, 0.717) is 6.04 Å². The van der Waals surface area contributed by atoms with Crippen LogP contribution in [0.2, 0.25) is 0 Å². The fourth-order valence-electron chi connectivity index (χ4n) is 1.87. The Morgan fingerprint density at radius 1 is 1.47 bits per heavy atom. The normalized spacial score (nSPS) is 12.9. The molecule has 1 heterocycles. The smallest absolute Gasteiger partial charge is 0.150 e. The second kappa shape index (κ2) is 5.74. The summed E-state index contributed by atoms with van der Waals surface area (Å²) in [4.78, 5) is 4.54. The maximum absolute atomic E-state index is 4.54. The predicted molar refractivity (Wildman–Crippen MR) is 79.4 cm³/mol. The average molecular weight is 266 g/mol. The molecule has 92 valence electrons. The number of thioether (sulfide) groups is 1. The van der Waals surface area contributed by atoms with Crippen LogP contribution in [0.5, 0.6) is 0 Å². The van der Waals surface area contributed by atoms with Crippen LogP contribution in [0.4, 0.5) is 5.69 Å². The number of fused-ring (bicyclic) bond motifs is 1. The van der Waals surface area contributed by atoms with Gasteiger partial charge >= 0.3 is 0 Å². The van der Waals surface area contributed by atoms with Gasteiger partial charge < -0.3 is 5.32 Å². The number of benzene rings is 1. The molecule has 1 aromatic carbocycles. The predicted octanol–water partition coefficient (Wildman–Crippen LogP) is 4.62. The molecule has 4 heteroatoms. The van der Waals surface area contributed by atoms with Crippen molar-refractivity contribution < 1.29 is 0 Å². The van der Waals surface area contributed by atoms with Crippen molar-refractivity contribution in [1.82, 2.24) is 4.98 Å². The van der Waals surface area contributed by atoms with Gasteiger partial charge in [0, 0.05) is 11.7 Å². The Labute approximate surface area is 111 Å². The van der Waals surface area contributed by atoms with E-state index in [1.807, 2.05) is 0 Å². The van der Waals surface area contributed by atoms with Crippen LogP contribution in [0.15, 0.2) is 22.5 Å². The summed E-state index contributed by atoms with van der Waals surface area (Å²) in [7, 11) is 0. The molecule has 17 heavy (non-hydrogen) atoms. The van der Waals surface area contributed by atoms with Gasteiger partial charge in [0.25, 0.3) is 0 Å². The molecule has 0 saturated heterocycles. The summed E-state index contributed by atoms with van der Waals surface area (Å²) in [6.07, 6.45) is 4.49. The molecule has 2 aromatic rings. The Morgan fingerprint density at radius 3 is 3.00 bits per heavy atom. The lowest BCUT2D eigenvalue weighted by Crippen LogP contribution is -2.14. The third-order valence-electron chi connectivity index (χ3n) is 2.68. The lowest BCUT2D eigenvalue weighted by Gasteiger charge is -2.13. The third kappa shape index (κ3) is 3.13. The van der Waals surface area contributed by atoms with Crippen LogP contribution in [-0.2, 0) is 0 Å². The van der Waals surface area contributed by atoms with Crippen molar-refractivity contribution in [3.05, 3.63) is 18.2 Å². The molecule has 2 nitrogen and oxygen atoms in total. The number of hydrogen-bond donors (Lipinski definition) is 1. The summed E-state index contributed by atoms with van der Waals surface area (Å²) in [6.45, 7) is 4.45. The van der Waals surface area contributed by atoms with Crippen LogP contribution in [0.1, 0.15) is 26.7 Å². The summed E-state index contributed by atoms with van der Waals surface area (Å²) in [5, 5.41) is 3.53. The quantitative estimate of drug-likeness (QED) is 0.799. The van der Waals surface area contributed by atoms with Gasteiger partial charge in [-0.15, -0.1) is 11.3 Å². The Balaban J connectivity index is 2.19. The second-order valence-electron chi connectivity index (χ2n) is 4.20. The summed E-state index contributed by atoms with van der Waals surface area (Å²) in [5.74, 6) is 0. The Morgan fingerprint density at radius 2 is 2.29 bits per heavy atom. The Hall–Kier alpha value is -0.740. The largest absolute Gasteiger partial charge is 0.383 e. The minimum absolute atomic E-state index is 0.533. The molecular formula is C13H18N2S2. The van der Waals surface area contributed by atoms with Crippen molar-refractivity contribution in [1.29, 1.82) is 0 Å². The summed E-state index contributed by atoms with van der Waals surface area (Å²) < 4.78 is 2.40. The first-order valence-corrected chi connectivity index (χ1v) is 7.98. The molecule has 0 bridgehead atoms. The Kier molecular flexibility index (Phi) is 4.29. The van der Waals surface area contributed by atoms with Crippen LogP contribution < -0.4 is 5.32 Å². The highest BCUT2D eigenvalue weighted by molar-refractivity contribution is 8.00. The fourth-order valence-corrected chi connectivity index (χ4v) is 3.40. The zero-order valence-corrected chi connectivity index (χ0v) is 12.1. The summed E-state index contributed by atoms with van der Waals surface area (Å²) >= 11 is 3.47. The molecule has 1 atom stereocenters. The van der Waals surface area contributed by atoms with Gasteiger partial charge in [-0.3, -0.25) is 0 Å². The van der Waals surface area contributed by atoms with E-state index in [1.165, 1.54) is 23.2 Å². The highest BCUT2D eigenvalue weighted by Gasteiger charge is 2.05. The van der Waals surface area contributed by atoms with Crippen LogP contribution in [-0.4, -0.2) is 17.3 Å². The molecule has 1 N–H and O–H groups in total. The first-order valence-electron chi connectivity index (χ1n) is 5.94. The van der Waals surface area contributed by atoms with E-state index in [4.69, 9.17) is 0 Å². The minimum Gasteiger partial charge on any atom is -0.383 e. The average Bonchev–Trinajstić information content (AvgIpc) is 2.71. The Bertz CT molecular complexity index is 493. The van der Waals surface area contributed by atoms with Crippen molar-refractivity contribution in [3.63, 3.8) is 0 Å². The molecule has 0 amide bonds. The molecule has 0 aliphatic rings. The van der Waals surface area contributed by atoms with Crippen molar-refractivity contribution in [2.24, 2.45) is 0 Å². The standard InChI is InChI=1S/C13H18N2S2/c1-4-5-9(2)14-10-6-7-11-12(8-10)17-13(15-11)16-3/h6-9,14H,4-5H2,1-3H3. The molecule has 1 unspecified atom stereocenters. The number of anilines is 1. The highest BCUT2D eigenvalue weighted by Crippen LogP contribution is 2.30. The van der Waals surface area contributed by atoms with Gasteiger partial charge in [-0.25, -0.2) is 4.98 Å². The molecule has 2 rings (SSSR count). The van der Waals surface area contributed by atoms with Crippen LogP contribution in [0.25, 0.3) is 10.2 Å². The molecule has 0 aliphatic carbocycles. The maximum Gasteiger partial charge on any atom is 0.150 e. The third-order valence-corrected chi connectivity index (χ3v) is 4.68. The van der Waals surface area contributed by atoms with Gasteiger partial charge in [0.15, 0.2) is 4.34 Å². The second-order valence-corrected chi connectivity index (χ2v) is 6.28. The molecule has 0 aliphatic heterocycles. The van der Waals surface area contributed by atoms with Crippen molar-refractivity contribution in [2.45, 2.75) is 37.1 Å². The van der Waals surface area contributed by atoms with E-state index >= 15 is 0 Å². The molecule has 0 fully saturated rings. The topological polar surface area (TPSA) is 24.9 Å². The van der Waals surface area contributed by atoms with E-state index < -0.39 is 0 Å². The summed E-state index contributed by atoms with van der Waals surface area (Å²) in [5.41, 5.74) is 2.31. The number of nitrogens with one attached hydrogen (secondary N) is 1. The van der Waals surface area contributed by atoms with E-state index in [0.717, 1.165) is 9.86 Å². The van der Waals surface area contributed by atoms with Gasteiger partial charge in [0.1, 0.15) is 0 Å². The number of nitrogens with zero attached hydrogens (tertiary/aromatic N) is 1. The van der Waals surface area contributed by atoms with E-state index in [1.54, 1.807) is 23.1 Å². The number of hydrogen-bond acceptors (Lipinski definition) is 4. The van der Waals surface area contributed by atoms with Gasteiger partial charge in [0.2, 0.25) is 0 Å². The minimum atomic E-state index is 0.533. The van der Waals surface area contributed by atoms with Crippen LogP contribution in [0.3, 0.4) is 0 Å². The fraction of sp³-hybridized carbons (Fsp3) is 0.462. The van der Waals surface area contributed by atoms with Crippen LogP contribution in [0, 0.1) is 0 Å². The van der Waals surface area contributed by atoms with E-state index in [2.05, 4.69) is 48.6 Å². The SMILES string of the molecule is CCCC(C)Nc1ccc2nc(SC)sc2c1. The maximum atomic E-state index is 4.54. The van der Waals surface area contributed by atoms with Crippen molar-refractivity contribution in [3.8, 4) is 0 Å². The monoisotopic (exact) mass is 266 g/mol. The molecule has 1 aromatic heterocycles. The van der Waals surface area contributed by atoms with E-state index in [-0.39, 0.29) is 0 Å². The van der Waals surface area contributed by atoms with Crippen molar-refractivity contribution >= 4 is 39.0 Å². The number of thiazole rings is 1. The molecular weight excluding hydrogens is 248 g/mol. The zero-order valence-electron chi connectivity index (χ0n) is 10.5. The van der Waals surface area contributed by atoms with E-state index in [9.17, 15) is 0 Å². The van der Waals surface area contributed by atoms with Crippen LogP contribution >= 0.6 is 23.1 Å². The molecule has 0 spiro atoms. The van der Waals surface area contributed by atoms with Crippen molar-refractivity contribution in [2.75, 3.05) is 11.6 Å². The molecule has 0 radical (unpaired) electrons.